The van der Waals surface area contributed by atoms with E-state index >= 15 is 0 Å². The lowest BCUT2D eigenvalue weighted by atomic mass is 10.1. The summed E-state index contributed by atoms with van der Waals surface area (Å²) in [5.41, 5.74) is 5.53. The van der Waals surface area contributed by atoms with Crippen LogP contribution in [0.4, 0.5) is 0 Å². The minimum atomic E-state index is -0.535. The Hall–Kier alpha value is -2.18. The smallest absolute Gasteiger partial charge is 0.272 e. The van der Waals surface area contributed by atoms with Gasteiger partial charge in [0, 0.05) is 18.2 Å². The van der Waals surface area contributed by atoms with Crippen LogP contribution in [0.2, 0.25) is 0 Å². The Balaban J connectivity index is 0.00000242. The van der Waals surface area contributed by atoms with Gasteiger partial charge in [0.1, 0.15) is 5.69 Å². The summed E-state index contributed by atoms with van der Waals surface area (Å²) in [7, 11) is 0. The lowest BCUT2D eigenvalue weighted by Gasteiger charge is -2.23. The SMILES string of the molecule is CC(C)(CN)NC(=O)c1ccc(=O)n(-c2ccccc2)n1.Cl. The lowest BCUT2D eigenvalue weighted by Crippen LogP contribution is -2.49. The first kappa shape index (κ1) is 17.9. The van der Waals surface area contributed by atoms with Crippen LogP contribution in [0.1, 0.15) is 24.3 Å². The molecule has 0 atom stereocenters. The average molecular weight is 323 g/mol. The maximum atomic E-state index is 12.2. The Morgan fingerprint density at radius 1 is 1.23 bits per heavy atom. The molecule has 0 radical (unpaired) electrons. The van der Waals surface area contributed by atoms with Gasteiger partial charge in [-0.2, -0.15) is 9.78 Å². The van der Waals surface area contributed by atoms with Crippen LogP contribution in [0.5, 0.6) is 0 Å². The van der Waals surface area contributed by atoms with Crippen LogP contribution in [0.3, 0.4) is 0 Å². The molecule has 1 heterocycles. The molecule has 0 aliphatic heterocycles. The zero-order valence-electron chi connectivity index (χ0n) is 12.4. The second-order valence-electron chi connectivity index (χ2n) is 5.35. The summed E-state index contributed by atoms with van der Waals surface area (Å²) in [6.45, 7) is 3.94. The van der Waals surface area contributed by atoms with Crippen molar-refractivity contribution >= 4 is 18.3 Å². The van der Waals surface area contributed by atoms with Crippen molar-refractivity contribution < 1.29 is 4.79 Å². The highest BCUT2D eigenvalue weighted by molar-refractivity contribution is 5.92. The zero-order chi connectivity index (χ0) is 15.5. The zero-order valence-corrected chi connectivity index (χ0v) is 13.3. The van der Waals surface area contributed by atoms with Gasteiger partial charge in [-0.15, -0.1) is 12.4 Å². The van der Waals surface area contributed by atoms with Crippen LogP contribution in [0.25, 0.3) is 5.69 Å². The molecule has 1 amide bonds. The molecule has 0 spiro atoms. The van der Waals surface area contributed by atoms with Gasteiger partial charge in [-0.3, -0.25) is 9.59 Å². The minimum Gasteiger partial charge on any atom is -0.344 e. The van der Waals surface area contributed by atoms with Crippen molar-refractivity contribution in [2.45, 2.75) is 19.4 Å². The molecule has 0 saturated heterocycles. The number of hydrogen-bond acceptors (Lipinski definition) is 4. The summed E-state index contributed by atoms with van der Waals surface area (Å²) in [6, 6.07) is 11.7. The molecule has 6 nitrogen and oxygen atoms in total. The molecule has 22 heavy (non-hydrogen) atoms. The molecular weight excluding hydrogens is 304 g/mol. The highest BCUT2D eigenvalue weighted by Gasteiger charge is 2.20. The molecule has 1 aromatic heterocycles. The van der Waals surface area contributed by atoms with E-state index < -0.39 is 5.54 Å². The number of carbonyl (C=O) groups is 1. The standard InChI is InChI=1S/C15H18N4O2.ClH/c1-15(2,10-16)17-14(21)12-8-9-13(20)19(18-12)11-6-4-3-5-7-11;/h3-9H,10,16H2,1-2H3,(H,17,21);1H. The van der Waals surface area contributed by atoms with Crippen molar-refractivity contribution in [2.24, 2.45) is 5.73 Å². The van der Waals surface area contributed by atoms with Gasteiger partial charge in [0.15, 0.2) is 0 Å². The first-order valence-corrected chi connectivity index (χ1v) is 6.61. The largest absolute Gasteiger partial charge is 0.344 e. The van der Waals surface area contributed by atoms with E-state index in [1.165, 1.54) is 16.8 Å². The molecule has 0 unspecified atom stereocenters. The van der Waals surface area contributed by atoms with E-state index in [-0.39, 0.29) is 29.6 Å². The summed E-state index contributed by atoms with van der Waals surface area (Å²) in [5, 5.41) is 6.89. The van der Waals surface area contributed by atoms with Crippen molar-refractivity contribution in [1.82, 2.24) is 15.1 Å². The monoisotopic (exact) mass is 322 g/mol. The van der Waals surface area contributed by atoms with Crippen molar-refractivity contribution in [3.63, 3.8) is 0 Å². The Morgan fingerprint density at radius 2 is 1.86 bits per heavy atom. The number of nitrogens with two attached hydrogens (primary N) is 1. The van der Waals surface area contributed by atoms with Crippen molar-refractivity contribution in [3.05, 3.63) is 58.5 Å². The second kappa shape index (κ2) is 7.20. The Kier molecular flexibility index (Phi) is 5.84. The topological polar surface area (TPSA) is 90.0 Å². The van der Waals surface area contributed by atoms with Gasteiger partial charge in [0.2, 0.25) is 0 Å². The average Bonchev–Trinajstić information content (AvgIpc) is 2.48. The van der Waals surface area contributed by atoms with Crippen LogP contribution >= 0.6 is 12.4 Å². The quantitative estimate of drug-likeness (QED) is 0.882. The minimum absolute atomic E-state index is 0. The van der Waals surface area contributed by atoms with Gasteiger partial charge in [-0.05, 0) is 32.0 Å². The molecule has 1 aromatic carbocycles. The summed E-state index contributed by atoms with van der Waals surface area (Å²) in [6.07, 6.45) is 0. The maximum Gasteiger partial charge on any atom is 0.272 e. The van der Waals surface area contributed by atoms with Gasteiger partial charge in [0.25, 0.3) is 11.5 Å². The van der Waals surface area contributed by atoms with Crippen LogP contribution in [0, 0.1) is 0 Å². The van der Waals surface area contributed by atoms with E-state index in [1.807, 2.05) is 19.9 Å². The van der Waals surface area contributed by atoms with E-state index in [4.69, 9.17) is 5.73 Å². The van der Waals surface area contributed by atoms with E-state index in [0.29, 0.717) is 12.2 Å². The summed E-state index contributed by atoms with van der Waals surface area (Å²) in [4.78, 5) is 24.1. The molecule has 7 heteroatoms. The number of nitrogens with one attached hydrogen (secondary N) is 1. The summed E-state index contributed by atoms with van der Waals surface area (Å²) >= 11 is 0. The fourth-order valence-electron chi connectivity index (χ4n) is 1.71. The van der Waals surface area contributed by atoms with Crippen LogP contribution < -0.4 is 16.6 Å². The third-order valence-electron chi connectivity index (χ3n) is 3.00. The summed E-state index contributed by atoms with van der Waals surface area (Å²) in [5.74, 6) is -0.366. The predicted octanol–water partition coefficient (Wildman–Crippen LogP) is 1.12. The van der Waals surface area contributed by atoms with Gasteiger partial charge in [0.05, 0.1) is 5.69 Å². The maximum absolute atomic E-state index is 12.2. The molecule has 0 bridgehead atoms. The molecule has 0 aliphatic rings. The van der Waals surface area contributed by atoms with Gasteiger partial charge >= 0.3 is 0 Å². The second-order valence-corrected chi connectivity index (χ2v) is 5.35. The Bertz CT molecular complexity index is 698. The number of amides is 1. The highest BCUT2D eigenvalue weighted by Crippen LogP contribution is 2.04. The molecule has 118 valence electrons. The number of rotatable bonds is 4. The van der Waals surface area contributed by atoms with Gasteiger partial charge in [-0.25, -0.2) is 0 Å². The van der Waals surface area contributed by atoms with E-state index in [0.717, 1.165) is 0 Å². The van der Waals surface area contributed by atoms with E-state index in [9.17, 15) is 9.59 Å². The fraction of sp³-hybridized carbons (Fsp3) is 0.267. The third kappa shape index (κ3) is 4.16. The normalized spacial score (nSPS) is 10.7. The lowest BCUT2D eigenvalue weighted by molar-refractivity contribution is 0.0908. The van der Waals surface area contributed by atoms with Gasteiger partial charge in [-0.1, -0.05) is 18.2 Å². The van der Waals surface area contributed by atoms with E-state index in [1.54, 1.807) is 24.3 Å². The molecular formula is C15H19ClN4O2. The number of benzene rings is 1. The number of carbonyl (C=O) groups excluding carboxylic acids is 1. The predicted molar refractivity (Wildman–Crippen MR) is 87.7 cm³/mol. The van der Waals surface area contributed by atoms with Crippen molar-refractivity contribution in [2.75, 3.05) is 6.54 Å². The summed E-state index contributed by atoms with van der Waals surface area (Å²) < 4.78 is 1.20. The third-order valence-corrected chi connectivity index (χ3v) is 3.00. The first-order valence-electron chi connectivity index (χ1n) is 6.61. The van der Waals surface area contributed by atoms with E-state index in [2.05, 4.69) is 10.4 Å². The van der Waals surface area contributed by atoms with Crippen molar-refractivity contribution in [3.8, 4) is 5.69 Å². The fourth-order valence-corrected chi connectivity index (χ4v) is 1.71. The number of nitrogens with zero attached hydrogens (tertiary/aromatic N) is 2. The molecule has 0 saturated carbocycles. The van der Waals surface area contributed by atoms with Crippen LogP contribution in [0.15, 0.2) is 47.3 Å². The van der Waals surface area contributed by atoms with Crippen molar-refractivity contribution in [1.29, 1.82) is 0 Å². The Labute approximate surface area is 134 Å². The first-order chi connectivity index (χ1) is 9.93. The molecule has 2 rings (SSSR count). The number of para-hydroxylation sites is 1. The molecule has 0 fully saturated rings. The highest BCUT2D eigenvalue weighted by atomic mass is 35.5. The Morgan fingerprint density at radius 3 is 2.45 bits per heavy atom. The number of halogens is 1. The van der Waals surface area contributed by atoms with Crippen LogP contribution in [-0.4, -0.2) is 27.8 Å². The number of aromatic nitrogens is 2. The van der Waals surface area contributed by atoms with Crippen LogP contribution in [-0.2, 0) is 0 Å². The number of hydrogen-bond donors (Lipinski definition) is 2. The van der Waals surface area contributed by atoms with Gasteiger partial charge < -0.3 is 11.1 Å². The molecule has 3 N–H and O–H groups in total. The molecule has 2 aromatic rings. The molecule has 0 aliphatic carbocycles.